The molecular formula is C29H35ClN4O4. The molecule has 2 aromatic rings. The second-order valence-corrected chi connectivity index (χ2v) is 10.1. The molecule has 9 heteroatoms. The maximum atomic E-state index is 13.3. The van der Waals surface area contributed by atoms with Crippen molar-refractivity contribution in [1.82, 2.24) is 20.0 Å². The van der Waals surface area contributed by atoms with Crippen LogP contribution in [0.3, 0.4) is 0 Å². The summed E-state index contributed by atoms with van der Waals surface area (Å²) < 4.78 is 5.46. The molecule has 8 nitrogen and oxygen atoms in total. The summed E-state index contributed by atoms with van der Waals surface area (Å²) in [5.74, 6) is -0.444. The van der Waals surface area contributed by atoms with Crippen LogP contribution in [-0.2, 0) is 9.53 Å². The molecule has 2 atom stereocenters. The highest BCUT2D eigenvalue weighted by Crippen LogP contribution is 2.33. The van der Waals surface area contributed by atoms with E-state index in [0.717, 1.165) is 11.1 Å². The maximum absolute atomic E-state index is 13.3. The second kappa shape index (κ2) is 12.0. The summed E-state index contributed by atoms with van der Waals surface area (Å²) in [5.41, 5.74) is 3.58. The Morgan fingerprint density at radius 1 is 1.05 bits per heavy atom. The molecule has 38 heavy (non-hydrogen) atoms. The Hall–Kier alpha value is -3.36. The van der Waals surface area contributed by atoms with Crippen LogP contribution in [0.2, 0.25) is 5.02 Å². The minimum Gasteiger partial charge on any atom is -0.463 e. The van der Waals surface area contributed by atoms with E-state index in [2.05, 4.69) is 10.2 Å². The number of carbonyl (C=O) groups excluding carboxylic acids is 3. The van der Waals surface area contributed by atoms with Gasteiger partial charge in [-0.05, 0) is 57.5 Å². The van der Waals surface area contributed by atoms with Gasteiger partial charge in [0.2, 0.25) is 0 Å². The average molecular weight is 539 g/mol. The number of halogens is 1. The third kappa shape index (κ3) is 5.87. The molecule has 4 rings (SSSR count). The number of carbonyl (C=O) groups is 3. The van der Waals surface area contributed by atoms with Gasteiger partial charge in [-0.2, -0.15) is 0 Å². The van der Waals surface area contributed by atoms with Crippen molar-refractivity contribution in [3.63, 3.8) is 0 Å². The summed E-state index contributed by atoms with van der Waals surface area (Å²) in [4.78, 5) is 45.3. The molecule has 202 valence electrons. The standard InChI is InChI=1S/C29H35ClN4O4/c1-5-33-24(18-32-15-16-34(20(4)17-32)27(35)22-9-7-19(3)8-10-22)25(28(36)38-6-2)26(31-29(33)37)21-11-13-23(30)14-12-21/h7-14,20,26H,5-6,15-18H2,1-4H3,(H,31,37)/t20-,26+/m0/s1. The van der Waals surface area contributed by atoms with Crippen LogP contribution in [0.5, 0.6) is 0 Å². The molecule has 0 aliphatic carbocycles. The lowest BCUT2D eigenvalue weighted by Crippen LogP contribution is -2.56. The summed E-state index contributed by atoms with van der Waals surface area (Å²) >= 11 is 6.09. The number of amides is 3. The van der Waals surface area contributed by atoms with E-state index in [9.17, 15) is 14.4 Å². The summed E-state index contributed by atoms with van der Waals surface area (Å²) in [7, 11) is 0. The SMILES string of the molecule is CCOC(=O)C1=C(CN2CCN(C(=O)c3ccc(C)cc3)[C@@H](C)C2)N(CC)C(=O)N[C@@H]1c1ccc(Cl)cc1. The van der Waals surface area contributed by atoms with Crippen LogP contribution in [0.1, 0.15) is 48.3 Å². The van der Waals surface area contributed by atoms with Crippen LogP contribution in [0.25, 0.3) is 0 Å². The van der Waals surface area contributed by atoms with Gasteiger partial charge in [0.25, 0.3) is 5.91 Å². The van der Waals surface area contributed by atoms with Crippen LogP contribution >= 0.6 is 11.6 Å². The number of urea groups is 1. The molecule has 3 amide bonds. The smallest absolute Gasteiger partial charge is 0.338 e. The van der Waals surface area contributed by atoms with Gasteiger partial charge in [0.05, 0.1) is 18.2 Å². The molecule has 0 radical (unpaired) electrons. The Labute approximate surface area is 229 Å². The first kappa shape index (κ1) is 27.7. The van der Waals surface area contributed by atoms with E-state index in [0.29, 0.717) is 54.6 Å². The number of nitrogens with zero attached hydrogens (tertiary/aromatic N) is 3. The van der Waals surface area contributed by atoms with Crippen molar-refractivity contribution in [2.24, 2.45) is 0 Å². The van der Waals surface area contributed by atoms with Gasteiger partial charge < -0.3 is 15.0 Å². The lowest BCUT2D eigenvalue weighted by molar-refractivity contribution is -0.139. The lowest BCUT2D eigenvalue weighted by Gasteiger charge is -2.43. The number of rotatable bonds is 7. The number of aryl methyl sites for hydroxylation is 1. The van der Waals surface area contributed by atoms with E-state index in [4.69, 9.17) is 16.3 Å². The van der Waals surface area contributed by atoms with Gasteiger partial charge in [0.15, 0.2) is 0 Å². The van der Waals surface area contributed by atoms with Crippen molar-refractivity contribution in [3.8, 4) is 0 Å². The van der Waals surface area contributed by atoms with Gasteiger partial charge >= 0.3 is 12.0 Å². The van der Waals surface area contributed by atoms with Crippen molar-refractivity contribution >= 4 is 29.5 Å². The van der Waals surface area contributed by atoms with E-state index in [1.807, 2.05) is 62.1 Å². The Balaban J connectivity index is 1.62. The van der Waals surface area contributed by atoms with Crippen molar-refractivity contribution in [1.29, 1.82) is 0 Å². The molecule has 2 aliphatic heterocycles. The highest BCUT2D eigenvalue weighted by molar-refractivity contribution is 6.30. The average Bonchev–Trinajstić information content (AvgIpc) is 2.89. The molecule has 1 fully saturated rings. The lowest BCUT2D eigenvalue weighted by atomic mass is 9.94. The van der Waals surface area contributed by atoms with Crippen molar-refractivity contribution < 1.29 is 19.1 Å². The van der Waals surface area contributed by atoms with Crippen LogP contribution in [0, 0.1) is 6.92 Å². The summed E-state index contributed by atoms with van der Waals surface area (Å²) in [5, 5.41) is 3.55. The molecular weight excluding hydrogens is 504 g/mol. The van der Waals surface area contributed by atoms with Crippen LogP contribution in [0.15, 0.2) is 59.8 Å². The number of nitrogens with one attached hydrogen (secondary N) is 1. The van der Waals surface area contributed by atoms with Crippen LogP contribution in [-0.4, -0.2) is 78.0 Å². The molecule has 2 aliphatic rings. The monoisotopic (exact) mass is 538 g/mol. The van der Waals surface area contributed by atoms with Crippen LogP contribution < -0.4 is 5.32 Å². The maximum Gasteiger partial charge on any atom is 0.338 e. The number of ether oxygens (including phenoxy) is 1. The van der Waals surface area contributed by atoms with Crippen molar-refractivity contribution in [2.75, 3.05) is 39.3 Å². The van der Waals surface area contributed by atoms with Gasteiger partial charge in [0.1, 0.15) is 0 Å². The van der Waals surface area contributed by atoms with E-state index < -0.39 is 12.0 Å². The number of esters is 1. The molecule has 2 heterocycles. The van der Waals surface area contributed by atoms with Crippen LogP contribution in [0.4, 0.5) is 4.79 Å². The first-order chi connectivity index (χ1) is 18.2. The number of hydrogen-bond donors (Lipinski definition) is 1. The first-order valence-electron chi connectivity index (χ1n) is 13.1. The van der Waals surface area contributed by atoms with Gasteiger partial charge in [-0.15, -0.1) is 0 Å². The molecule has 2 aromatic carbocycles. The Morgan fingerprint density at radius 2 is 1.74 bits per heavy atom. The largest absolute Gasteiger partial charge is 0.463 e. The topological polar surface area (TPSA) is 82.2 Å². The predicted molar refractivity (Wildman–Crippen MR) is 147 cm³/mol. The fourth-order valence-corrected chi connectivity index (χ4v) is 5.24. The first-order valence-corrected chi connectivity index (χ1v) is 13.4. The highest BCUT2D eigenvalue weighted by atomic mass is 35.5. The van der Waals surface area contributed by atoms with Crippen molar-refractivity contribution in [3.05, 3.63) is 81.5 Å². The fourth-order valence-electron chi connectivity index (χ4n) is 5.12. The Bertz CT molecular complexity index is 1210. The number of likely N-dealkylation sites (N-methyl/N-ethyl adjacent to an activating group) is 1. The zero-order chi connectivity index (χ0) is 27.4. The molecule has 0 aromatic heterocycles. The minimum atomic E-state index is -0.654. The Morgan fingerprint density at radius 3 is 2.34 bits per heavy atom. The normalized spacial score (nSPS) is 20.4. The van der Waals surface area contributed by atoms with Gasteiger partial charge in [-0.25, -0.2) is 9.59 Å². The number of hydrogen-bond acceptors (Lipinski definition) is 5. The minimum absolute atomic E-state index is 0.0126. The summed E-state index contributed by atoms with van der Waals surface area (Å²) in [6.45, 7) is 10.5. The van der Waals surface area contributed by atoms with Gasteiger partial charge in [0, 0.05) is 55.0 Å². The van der Waals surface area contributed by atoms with Crippen molar-refractivity contribution in [2.45, 2.75) is 39.8 Å². The summed E-state index contributed by atoms with van der Waals surface area (Å²) in [6, 6.07) is 13.8. The zero-order valence-electron chi connectivity index (χ0n) is 22.4. The second-order valence-electron chi connectivity index (χ2n) is 9.71. The number of piperazine rings is 1. The highest BCUT2D eigenvalue weighted by Gasteiger charge is 2.39. The van der Waals surface area contributed by atoms with E-state index in [-0.39, 0.29) is 24.6 Å². The predicted octanol–water partition coefficient (Wildman–Crippen LogP) is 4.40. The molecule has 0 bridgehead atoms. The molecule has 1 N–H and O–H groups in total. The van der Waals surface area contributed by atoms with E-state index in [1.54, 1.807) is 24.0 Å². The molecule has 0 unspecified atom stereocenters. The fraction of sp³-hybridized carbons (Fsp3) is 0.414. The third-order valence-corrected chi connectivity index (χ3v) is 7.35. The molecule has 0 saturated carbocycles. The number of benzene rings is 2. The third-order valence-electron chi connectivity index (χ3n) is 7.10. The Kier molecular flexibility index (Phi) is 8.74. The van der Waals surface area contributed by atoms with E-state index >= 15 is 0 Å². The molecule has 0 spiro atoms. The van der Waals surface area contributed by atoms with E-state index in [1.165, 1.54) is 0 Å². The van der Waals surface area contributed by atoms with Gasteiger partial charge in [-0.1, -0.05) is 41.4 Å². The molecule has 1 saturated heterocycles. The zero-order valence-corrected chi connectivity index (χ0v) is 23.1. The summed E-state index contributed by atoms with van der Waals surface area (Å²) in [6.07, 6.45) is 0. The quantitative estimate of drug-likeness (QED) is 0.528. The van der Waals surface area contributed by atoms with Gasteiger partial charge in [-0.3, -0.25) is 14.6 Å².